The molecule has 1 fully saturated rings. The van der Waals surface area contributed by atoms with E-state index < -0.39 is 11.7 Å². The molecule has 0 aliphatic carbocycles. The van der Waals surface area contributed by atoms with Crippen LogP contribution in [0.15, 0.2) is 18.3 Å². The van der Waals surface area contributed by atoms with Crippen LogP contribution in [0.1, 0.15) is 17.2 Å². The molecule has 3 heterocycles. The lowest BCUT2D eigenvalue weighted by atomic mass is 9.99. The van der Waals surface area contributed by atoms with Crippen LogP contribution >= 0.6 is 24.8 Å². The van der Waals surface area contributed by atoms with Crippen molar-refractivity contribution in [2.75, 3.05) is 13.1 Å². The van der Waals surface area contributed by atoms with Gasteiger partial charge in [0, 0.05) is 43.3 Å². The second-order valence-electron chi connectivity index (χ2n) is 4.62. The summed E-state index contributed by atoms with van der Waals surface area (Å²) >= 11 is 0. The highest BCUT2D eigenvalue weighted by molar-refractivity contribution is 5.85. The molecule has 1 aliphatic rings. The smallest absolute Gasteiger partial charge is 0.332 e. The fourth-order valence-corrected chi connectivity index (χ4v) is 2.28. The van der Waals surface area contributed by atoms with Gasteiger partial charge in [-0.2, -0.15) is 13.2 Å². The summed E-state index contributed by atoms with van der Waals surface area (Å²) in [6.07, 6.45) is -3.44. The summed E-state index contributed by atoms with van der Waals surface area (Å²) in [5.41, 5.74) is 0.944. The van der Waals surface area contributed by atoms with Crippen molar-refractivity contribution in [2.24, 2.45) is 7.05 Å². The topological polar surface area (TPSA) is 29.9 Å². The maximum absolute atomic E-state index is 12.6. The van der Waals surface area contributed by atoms with Crippen molar-refractivity contribution < 1.29 is 13.2 Å². The zero-order chi connectivity index (χ0) is 12.9. The fraction of sp³-hybridized carbons (Fsp3) is 0.417. The van der Waals surface area contributed by atoms with Crippen molar-refractivity contribution in [3.63, 3.8) is 0 Å². The van der Waals surface area contributed by atoms with Gasteiger partial charge in [0.05, 0.1) is 5.56 Å². The Balaban J connectivity index is 0.000001000. The number of hydrogen-bond acceptors (Lipinski definition) is 2. The van der Waals surface area contributed by atoms with E-state index >= 15 is 0 Å². The minimum absolute atomic E-state index is 0. The molecule has 2 aromatic rings. The number of halogens is 5. The number of aryl methyl sites for hydroxylation is 1. The summed E-state index contributed by atoms with van der Waals surface area (Å²) in [5, 5.41) is 3.70. The average Bonchev–Trinajstić information content (AvgIpc) is 2.52. The maximum atomic E-state index is 12.6. The van der Waals surface area contributed by atoms with Crippen LogP contribution in [0.5, 0.6) is 0 Å². The Morgan fingerprint density at radius 2 is 1.90 bits per heavy atom. The van der Waals surface area contributed by atoms with Crippen LogP contribution in [0.4, 0.5) is 13.2 Å². The number of fused-ring (bicyclic) bond motifs is 1. The van der Waals surface area contributed by atoms with E-state index in [0.29, 0.717) is 17.0 Å². The molecule has 0 aromatic carbocycles. The Morgan fingerprint density at radius 3 is 2.40 bits per heavy atom. The van der Waals surface area contributed by atoms with Gasteiger partial charge in [0.15, 0.2) is 0 Å². The third kappa shape index (κ3) is 2.73. The molecule has 0 saturated carbocycles. The van der Waals surface area contributed by atoms with Gasteiger partial charge in [0.2, 0.25) is 0 Å². The molecule has 112 valence electrons. The number of rotatable bonds is 1. The van der Waals surface area contributed by atoms with Crippen molar-refractivity contribution in [1.29, 1.82) is 0 Å². The molecule has 2 aromatic heterocycles. The SMILES string of the molecule is Cl.Cl.Cn1c(C2CNC2)cc2cc(C(F)(F)F)cnc21. The molecule has 3 nitrogen and oxygen atoms in total. The van der Waals surface area contributed by atoms with Crippen LogP contribution < -0.4 is 5.32 Å². The zero-order valence-electron chi connectivity index (χ0n) is 10.6. The van der Waals surface area contributed by atoms with E-state index in [0.717, 1.165) is 31.0 Å². The number of nitrogens with zero attached hydrogens (tertiary/aromatic N) is 2. The number of alkyl halides is 3. The summed E-state index contributed by atoms with van der Waals surface area (Å²) in [5.74, 6) is 0.374. The van der Waals surface area contributed by atoms with Gasteiger partial charge < -0.3 is 9.88 Å². The fourth-order valence-electron chi connectivity index (χ4n) is 2.28. The molecular formula is C12H14Cl2F3N3. The van der Waals surface area contributed by atoms with Gasteiger partial charge in [-0.25, -0.2) is 4.98 Å². The maximum Gasteiger partial charge on any atom is 0.417 e. The lowest BCUT2D eigenvalue weighted by Gasteiger charge is -2.27. The van der Waals surface area contributed by atoms with E-state index in [1.165, 1.54) is 0 Å². The summed E-state index contributed by atoms with van der Waals surface area (Å²) in [7, 11) is 1.84. The summed E-state index contributed by atoms with van der Waals surface area (Å²) in [6, 6.07) is 2.97. The normalized spacial score (nSPS) is 15.4. The van der Waals surface area contributed by atoms with Crippen molar-refractivity contribution in [2.45, 2.75) is 12.1 Å². The van der Waals surface area contributed by atoms with Crippen molar-refractivity contribution >= 4 is 35.8 Å². The second-order valence-corrected chi connectivity index (χ2v) is 4.62. The van der Waals surface area contributed by atoms with Crippen molar-refractivity contribution in [3.8, 4) is 0 Å². The first-order valence-corrected chi connectivity index (χ1v) is 5.70. The van der Waals surface area contributed by atoms with Crippen LogP contribution in [0, 0.1) is 0 Å². The average molecular weight is 328 g/mol. The minimum atomic E-state index is -4.34. The molecule has 1 N–H and O–H groups in total. The van der Waals surface area contributed by atoms with Gasteiger partial charge in [0.25, 0.3) is 0 Å². The molecule has 3 rings (SSSR count). The quantitative estimate of drug-likeness (QED) is 0.872. The number of pyridine rings is 1. The van der Waals surface area contributed by atoms with Crippen LogP contribution in [0.2, 0.25) is 0 Å². The Morgan fingerprint density at radius 1 is 1.25 bits per heavy atom. The van der Waals surface area contributed by atoms with Gasteiger partial charge in [0.1, 0.15) is 5.65 Å². The highest BCUT2D eigenvalue weighted by Crippen LogP contribution is 2.32. The number of nitrogens with one attached hydrogen (secondary N) is 1. The Bertz CT molecular complexity index is 606. The Labute approximate surface area is 126 Å². The van der Waals surface area contributed by atoms with Gasteiger partial charge in [-0.1, -0.05) is 0 Å². The van der Waals surface area contributed by atoms with E-state index in [-0.39, 0.29) is 24.8 Å². The van der Waals surface area contributed by atoms with Crippen LogP contribution in [-0.4, -0.2) is 22.6 Å². The standard InChI is InChI=1S/C12H12F3N3.2ClH/c1-18-10(8-4-16-5-8)3-7-2-9(12(13,14)15)6-17-11(7)18;;/h2-3,6,8,16H,4-5H2,1H3;2*1H. The molecule has 0 amide bonds. The molecule has 0 unspecified atom stereocenters. The third-order valence-corrected chi connectivity index (χ3v) is 3.43. The molecular weight excluding hydrogens is 314 g/mol. The first-order valence-electron chi connectivity index (χ1n) is 5.70. The first kappa shape index (κ1) is 17.1. The lowest BCUT2D eigenvalue weighted by Crippen LogP contribution is -2.40. The Kier molecular flexibility index (Phi) is 4.94. The van der Waals surface area contributed by atoms with E-state index in [1.807, 2.05) is 17.7 Å². The lowest BCUT2D eigenvalue weighted by molar-refractivity contribution is -0.137. The molecule has 20 heavy (non-hydrogen) atoms. The van der Waals surface area contributed by atoms with Crippen LogP contribution in [0.3, 0.4) is 0 Å². The third-order valence-electron chi connectivity index (χ3n) is 3.43. The van der Waals surface area contributed by atoms with E-state index in [4.69, 9.17) is 0 Å². The highest BCUT2D eigenvalue weighted by Gasteiger charge is 2.32. The van der Waals surface area contributed by atoms with Gasteiger partial charge in [-0.05, 0) is 12.1 Å². The molecule has 0 spiro atoms. The van der Waals surface area contributed by atoms with Gasteiger partial charge in [-0.3, -0.25) is 0 Å². The van der Waals surface area contributed by atoms with Crippen molar-refractivity contribution in [1.82, 2.24) is 14.9 Å². The summed E-state index contributed by atoms with van der Waals surface area (Å²) in [4.78, 5) is 3.93. The Hall–Kier alpha value is -0.980. The second kappa shape index (κ2) is 5.79. The minimum Gasteiger partial charge on any atom is -0.332 e. The molecule has 0 radical (unpaired) electrons. The number of aromatic nitrogens is 2. The monoisotopic (exact) mass is 327 g/mol. The summed E-state index contributed by atoms with van der Waals surface area (Å²) in [6.45, 7) is 1.74. The predicted molar refractivity (Wildman–Crippen MR) is 75.8 cm³/mol. The molecule has 8 heteroatoms. The predicted octanol–water partition coefficient (Wildman–Crippen LogP) is 3.12. The number of hydrogen-bond donors (Lipinski definition) is 1. The van der Waals surface area contributed by atoms with Gasteiger partial charge in [-0.15, -0.1) is 24.8 Å². The molecule has 1 aliphatic heterocycles. The van der Waals surface area contributed by atoms with Crippen molar-refractivity contribution in [3.05, 3.63) is 29.6 Å². The van der Waals surface area contributed by atoms with Gasteiger partial charge >= 0.3 is 6.18 Å². The highest BCUT2D eigenvalue weighted by atomic mass is 35.5. The first-order chi connectivity index (χ1) is 8.47. The molecule has 1 saturated heterocycles. The zero-order valence-corrected chi connectivity index (χ0v) is 12.2. The van der Waals surface area contributed by atoms with E-state index in [2.05, 4.69) is 10.3 Å². The van der Waals surface area contributed by atoms with Crippen LogP contribution in [-0.2, 0) is 13.2 Å². The largest absolute Gasteiger partial charge is 0.417 e. The van der Waals surface area contributed by atoms with E-state index in [1.54, 1.807) is 0 Å². The van der Waals surface area contributed by atoms with Crippen LogP contribution in [0.25, 0.3) is 11.0 Å². The summed E-state index contributed by atoms with van der Waals surface area (Å²) < 4.78 is 39.7. The molecule has 0 bridgehead atoms. The molecule has 0 atom stereocenters. The van der Waals surface area contributed by atoms with E-state index in [9.17, 15) is 13.2 Å².